The van der Waals surface area contributed by atoms with Crippen molar-refractivity contribution in [3.63, 3.8) is 0 Å². The standard InChI is InChI=1S/C8H9NO4S/c1-14(12,13)9-7-4-2-6(3-5-7)8(10)11/h2-5,9H,1H3,(H,10,11). The minimum absolute atomic E-state index is 0.115. The predicted octanol–water partition coefficient (Wildman–Crippen LogP) is 0.756. The number of carbonyl (C=O) groups is 1. The summed E-state index contributed by atoms with van der Waals surface area (Å²) in [7, 11) is -3.31. The summed E-state index contributed by atoms with van der Waals surface area (Å²) in [5.41, 5.74) is 0.460. The van der Waals surface area contributed by atoms with E-state index < -0.39 is 16.0 Å². The lowest BCUT2D eigenvalue weighted by molar-refractivity contribution is 0.0697. The highest BCUT2D eigenvalue weighted by molar-refractivity contribution is 7.92. The van der Waals surface area contributed by atoms with Gasteiger partial charge in [0.2, 0.25) is 10.0 Å². The van der Waals surface area contributed by atoms with Crippen LogP contribution in [-0.2, 0) is 10.0 Å². The molecule has 6 heteroatoms. The van der Waals surface area contributed by atoms with Crippen LogP contribution in [0.1, 0.15) is 10.4 Å². The van der Waals surface area contributed by atoms with Crippen molar-refractivity contribution in [2.75, 3.05) is 11.0 Å². The van der Waals surface area contributed by atoms with Crippen LogP contribution in [0.15, 0.2) is 24.3 Å². The molecule has 0 aliphatic carbocycles. The Bertz CT molecular complexity index is 435. The molecule has 0 amide bonds. The zero-order valence-corrected chi connectivity index (χ0v) is 8.21. The number of hydrogen-bond donors (Lipinski definition) is 2. The summed E-state index contributed by atoms with van der Waals surface area (Å²) in [6.45, 7) is 0. The van der Waals surface area contributed by atoms with Gasteiger partial charge in [-0.2, -0.15) is 0 Å². The maximum atomic E-state index is 10.8. The van der Waals surface area contributed by atoms with Gasteiger partial charge >= 0.3 is 5.97 Å². The van der Waals surface area contributed by atoms with Gasteiger partial charge < -0.3 is 5.11 Å². The molecular weight excluding hydrogens is 206 g/mol. The van der Waals surface area contributed by atoms with E-state index in [1.807, 2.05) is 0 Å². The van der Waals surface area contributed by atoms with Crippen molar-refractivity contribution in [2.45, 2.75) is 0 Å². The third-order valence-corrected chi connectivity index (χ3v) is 2.04. The Kier molecular flexibility index (Phi) is 2.76. The Morgan fingerprint density at radius 2 is 1.79 bits per heavy atom. The van der Waals surface area contributed by atoms with Gasteiger partial charge in [-0.15, -0.1) is 0 Å². The molecule has 0 fully saturated rings. The normalized spacial score (nSPS) is 10.9. The number of rotatable bonds is 3. The number of carboxylic acid groups (broad SMARTS) is 1. The highest BCUT2D eigenvalue weighted by atomic mass is 32.2. The van der Waals surface area contributed by atoms with E-state index in [-0.39, 0.29) is 5.56 Å². The number of aromatic carboxylic acids is 1. The first-order chi connectivity index (χ1) is 6.38. The molecule has 0 saturated carbocycles. The summed E-state index contributed by atoms with van der Waals surface area (Å²) in [6, 6.07) is 5.45. The van der Waals surface area contributed by atoms with Crippen LogP contribution in [-0.4, -0.2) is 25.7 Å². The van der Waals surface area contributed by atoms with Crippen LogP contribution in [0.5, 0.6) is 0 Å². The highest BCUT2D eigenvalue weighted by Gasteiger charge is 2.04. The zero-order chi connectivity index (χ0) is 10.8. The van der Waals surface area contributed by atoms with Crippen molar-refractivity contribution in [3.8, 4) is 0 Å². The van der Waals surface area contributed by atoms with Gasteiger partial charge in [0.1, 0.15) is 0 Å². The van der Waals surface area contributed by atoms with Crippen LogP contribution < -0.4 is 4.72 Å². The molecule has 1 aromatic carbocycles. The molecule has 1 rings (SSSR count). The lowest BCUT2D eigenvalue weighted by atomic mass is 10.2. The molecule has 0 saturated heterocycles. The molecule has 0 atom stereocenters. The molecule has 0 aromatic heterocycles. The Hall–Kier alpha value is -1.56. The molecular formula is C8H9NO4S. The Balaban J connectivity index is 2.90. The van der Waals surface area contributed by atoms with E-state index in [2.05, 4.69) is 4.72 Å². The van der Waals surface area contributed by atoms with Gasteiger partial charge in [0.05, 0.1) is 11.8 Å². The smallest absolute Gasteiger partial charge is 0.335 e. The van der Waals surface area contributed by atoms with E-state index in [9.17, 15) is 13.2 Å². The Morgan fingerprint density at radius 3 is 2.14 bits per heavy atom. The zero-order valence-electron chi connectivity index (χ0n) is 7.39. The van der Waals surface area contributed by atoms with Gasteiger partial charge in [0.25, 0.3) is 0 Å². The molecule has 0 aliphatic rings. The number of hydrogen-bond acceptors (Lipinski definition) is 3. The maximum Gasteiger partial charge on any atom is 0.335 e. The average molecular weight is 215 g/mol. The largest absolute Gasteiger partial charge is 0.478 e. The fraction of sp³-hybridized carbons (Fsp3) is 0.125. The van der Waals surface area contributed by atoms with E-state index in [1.54, 1.807) is 0 Å². The molecule has 0 aliphatic heterocycles. The number of nitrogens with one attached hydrogen (secondary N) is 1. The van der Waals surface area contributed by atoms with E-state index in [0.717, 1.165) is 6.26 Å². The molecule has 76 valence electrons. The van der Waals surface area contributed by atoms with Gasteiger partial charge in [-0.05, 0) is 24.3 Å². The second-order valence-corrected chi connectivity index (χ2v) is 4.51. The lowest BCUT2D eigenvalue weighted by Gasteiger charge is -2.03. The number of carboxylic acids is 1. The monoisotopic (exact) mass is 215 g/mol. The van der Waals surface area contributed by atoms with E-state index in [0.29, 0.717) is 5.69 Å². The Morgan fingerprint density at radius 1 is 1.29 bits per heavy atom. The second-order valence-electron chi connectivity index (χ2n) is 2.76. The SMILES string of the molecule is CS(=O)(=O)Nc1ccc(C(=O)O)cc1. The van der Waals surface area contributed by atoms with Crippen molar-refractivity contribution in [1.29, 1.82) is 0 Å². The van der Waals surface area contributed by atoms with Crippen molar-refractivity contribution in [2.24, 2.45) is 0 Å². The fourth-order valence-corrected chi connectivity index (χ4v) is 1.46. The third kappa shape index (κ3) is 3.06. The first-order valence-electron chi connectivity index (χ1n) is 3.69. The van der Waals surface area contributed by atoms with Crippen LogP contribution in [0.25, 0.3) is 0 Å². The number of benzene rings is 1. The minimum atomic E-state index is -3.31. The molecule has 0 unspecified atom stereocenters. The number of anilines is 1. The quantitative estimate of drug-likeness (QED) is 0.779. The second kappa shape index (κ2) is 3.67. The summed E-state index contributed by atoms with van der Waals surface area (Å²) in [6.07, 6.45) is 1.03. The fourth-order valence-electron chi connectivity index (χ4n) is 0.895. The molecule has 5 nitrogen and oxygen atoms in total. The van der Waals surface area contributed by atoms with Gasteiger partial charge in [0, 0.05) is 5.69 Å². The first-order valence-corrected chi connectivity index (χ1v) is 5.59. The van der Waals surface area contributed by atoms with Crippen molar-refractivity contribution < 1.29 is 18.3 Å². The number of sulfonamides is 1. The molecule has 0 bridgehead atoms. The van der Waals surface area contributed by atoms with E-state index >= 15 is 0 Å². The van der Waals surface area contributed by atoms with Gasteiger partial charge in [-0.25, -0.2) is 13.2 Å². The third-order valence-electron chi connectivity index (χ3n) is 1.44. The van der Waals surface area contributed by atoms with Crippen LogP contribution in [0.4, 0.5) is 5.69 Å². The van der Waals surface area contributed by atoms with Crippen LogP contribution in [0.3, 0.4) is 0 Å². The van der Waals surface area contributed by atoms with E-state index in [4.69, 9.17) is 5.11 Å². The van der Waals surface area contributed by atoms with Gasteiger partial charge in [-0.1, -0.05) is 0 Å². The summed E-state index contributed by atoms with van der Waals surface area (Å²) in [5, 5.41) is 8.57. The molecule has 1 aromatic rings. The van der Waals surface area contributed by atoms with Gasteiger partial charge in [-0.3, -0.25) is 4.72 Å². The maximum absolute atomic E-state index is 10.8. The average Bonchev–Trinajstić information content (AvgIpc) is 2.02. The molecule has 0 heterocycles. The van der Waals surface area contributed by atoms with E-state index in [1.165, 1.54) is 24.3 Å². The van der Waals surface area contributed by atoms with Crippen LogP contribution >= 0.6 is 0 Å². The molecule has 0 spiro atoms. The molecule has 14 heavy (non-hydrogen) atoms. The molecule has 2 N–H and O–H groups in total. The van der Waals surface area contributed by atoms with Crippen molar-refractivity contribution in [1.82, 2.24) is 0 Å². The topological polar surface area (TPSA) is 83.5 Å². The summed E-state index contributed by atoms with van der Waals surface area (Å²) in [4.78, 5) is 10.5. The van der Waals surface area contributed by atoms with Crippen molar-refractivity contribution >= 4 is 21.7 Å². The highest BCUT2D eigenvalue weighted by Crippen LogP contribution is 2.10. The predicted molar refractivity (Wildman–Crippen MR) is 51.9 cm³/mol. The van der Waals surface area contributed by atoms with Gasteiger partial charge in [0.15, 0.2) is 0 Å². The van der Waals surface area contributed by atoms with Crippen LogP contribution in [0.2, 0.25) is 0 Å². The lowest BCUT2D eigenvalue weighted by Crippen LogP contribution is -2.09. The summed E-state index contributed by atoms with van der Waals surface area (Å²) >= 11 is 0. The van der Waals surface area contributed by atoms with Crippen LogP contribution in [0, 0.1) is 0 Å². The summed E-state index contributed by atoms with van der Waals surface area (Å²) in [5.74, 6) is -1.05. The van der Waals surface area contributed by atoms with Crippen molar-refractivity contribution in [3.05, 3.63) is 29.8 Å². The summed E-state index contributed by atoms with van der Waals surface area (Å²) < 4.78 is 23.8. The molecule has 0 radical (unpaired) electrons. The first kappa shape index (κ1) is 10.5. The Labute approximate surface area is 81.4 Å². The minimum Gasteiger partial charge on any atom is -0.478 e.